The van der Waals surface area contributed by atoms with E-state index in [9.17, 15) is 4.79 Å². The predicted molar refractivity (Wildman–Crippen MR) is 45.8 cm³/mol. The molecule has 0 heterocycles. The molecule has 0 saturated heterocycles. The molecule has 0 atom stereocenters. The Morgan fingerprint density at radius 3 is 2.23 bits per heavy atom. The number of aliphatic hydroxyl groups excluding tert-OH is 1. The molecule has 0 spiro atoms. The number of hydrogen-bond acceptors (Lipinski definition) is 2. The molecule has 0 bridgehead atoms. The standard InChI is InChI=1S/C8H17NO3.ClH/c1-9(2,5-3-7-10)6-4-8(11)12;/h10H,3-7H2,1-2H3;1H. The molecule has 0 aliphatic carbocycles. The maximum atomic E-state index is 10.3. The summed E-state index contributed by atoms with van der Waals surface area (Å²) in [5.74, 6) is -0.759. The second kappa shape index (κ2) is 7.12. The van der Waals surface area contributed by atoms with Gasteiger partial charge in [0.05, 0.1) is 33.6 Å². The largest absolute Gasteiger partial charge is 1.00 e. The lowest BCUT2D eigenvalue weighted by atomic mass is 10.3. The topological polar surface area (TPSA) is 57.5 Å². The van der Waals surface area contributed by atoms with Crippen molar-refractivity contribution in [1.82, 2.24) is 0 Å². The molecule has 0 saturated carbocycles. The van der Waals surface area contributed by atoms with Gasteiger partial charge < -0.3 is 27.1 Å². The van der Waals surface area contributed by atoms with E-state index in [-0.39, 0.29) is 25.4 Å². The lowest BCUT2D eigenvalue weighted by molar-refractivity contribution is -0.890. The summed E-state index contributed by atoms with van der Waals surface area (Å²) in [6.45, 7) is 1.62. The van der Waals surface area contributed by atoms with Gasteiger partial charge in [0.15, 0.2) is 0 Å². The average Bonchev–Trinajstić information content (AvgIpc) is 1.98. The molecule has 0 aliphatic rings. The third kappa shape index (κ3) is 9.60. The third-order valence-electron chi connectivity index (χ3n) is 1.85. The minimum atomic E-state index is -0.759. The first-order chi connectivity index (χ1) is 5.48. The van der Waals surface area contributed by atoms with Crippen LogP contribution >= 0.6 is 0 Å². The Bertz CT molecular complexity index is 150. The normalized spacial score (nSPS) is 10.7. The Kier molecular flexibility index (Phi) is 8.30. The van der Waals surface area contributed by atoms with E-state index in [0.717, 1.165) is 13.0 Å². The number of aliphatic hydroxyl groups is 1. The molecule has 80 valence electrons. The Hall–Kier alpha value is -0.320. The fourth-order valence-electron chi connectivity index (χ4n) is 1.01. The third-order valence-corrected chi connectivity index (χ3v) is 1.85. The van der Waals surface area contributed by atoms with E-state index in [1.165, 1.54) is 0 Å². The number of hydrogen-bond donors (Lipinski definition) is 2. The summed E-state index contributed by atoms with van der Waals surface area (Å²) >= 11 is 0. The number of rotatable bonds is 6. The van der Waals surface area contributed by atoms with E-state index in [2.05, 4.69) is 0 Å². The maximum absolute atomic E-state index is 10.3. The van der Waals surface area contributed by atoms with Crippen molar-refractivity contribution in [2.75, 3.05) is 33.8 Å². The molecular formula is C8H18ClNO3. The van der Waals surface area contributed by atoms with Gasteiger partial charge in [-0.3, -0.25) is 4.79 Å². The van der Waals surface area contributed by atoms with Crippen molar-refractivity contribution in [3.8, 4) is 0 Å². The molecule has 0 amide bonds. The zero-order valence-electron chi connectivity index (χ0n) is 8.16. The summed E-state index contributed by atoms with van der Waals surface area (Å²) in [6, 6.07) is 0. The van der Waals surface area contributed by atoms with Crippen molar-refractivity contribution in [3.63, 3.8) is 0 Å². The molecule has 5 heteroatoms. The van der Waals surface area contributed by atoms with Crippen molar-refractivity contribution in [3.05, 3.63) is 0 Å². The van der Waals surface area contributed by atoms with E-state index < -0.39 is 5.97 Å². The van der Waals surface area contributed by atoms with Crippen LogP contribution in [0.25, 0.3) is 0 Å². The number of nitrogens with zero attached hydrogens (tertiary/aromatic N) is 1. The zero-order valence-corrected chi connectivity index (χ0v) is 8.92. The van der Waals surface area contributed by atoms with Crippen LogP contribution in [0, 0.1) is 0 Å². The van der Waals surface area contributed by atoms with Crippen LogP contribution in [0.1, 0.15) is 12.8 Å². The lowest BCUT2D eigenvalue weighted by Gasteiger charge is -2.28. The number of halogens is 1. The van der Waals surface area contributed by atoms with Gasteiger partial charge >= 0.3 is 5.97 Å². The van der Waals surface area contributed by atoms with E-state index in [0.29, 0.717) is 11.0 Å². The summed E-state index contributed by atoms with van der Waals surface area (Å²) in [7, 11) is 3.94. The van der Waals surface area contributed by atoms with Gasteiger partial charge in [-0.1, -0.05) is 0 Å². The second-order valence-electron chi connectivity index (χ2n) is 3.60. The van der Waals surface area contributed by atoms with Crippen molar-refractivity contribution in [1.29, 1.82) is 0 Å². The van der Waals surface area contributed by atoms with Gasteiger partial charge in [0.25, 0.3) is 0 Å². The van der Waals surface area contributed by atoms with Crippen LogP contribution in [0.4, 0.5) is 0 Å². The van der Waals surface area contributed by atoms with Crippen LogP contribution in [-0.2, 0) is 4.79 Å². The minimum Gasteiger partial charge on any atom is -1.00 e. The Labute approximate surface area is 85.2 Å². The first-order valence-electron chi connectivity index (χ1n) is 4.12. The lowest BCUT2D eigenvalue weighted by Crippen LogP contribution is -3.00. The summed E-state index contributed by atoms with van der Waals surface area (Å²) < 4.78 is 0.660. The van der Waals surface area contributed by atoms with Gasteiger partial charge in [-0.25, -0.2) is 0 Å². The maximum Gasteiger partial charge on any atom is 0.309 e. The highest BCUT2D eigenvalue weighted by Crippen LogP contribution is 2.00. The summed E-state index contributed by atoms with van der Waals surface area (Å²) in [5, 5.41) is 17.0. The molecule has 0 aromatic carbocycles. The van der Waals surface area contributed by atoms with Crippen LogP contribution in [0.15, 0.2) is 0 Å². The molecule has 0 rings (SSSR count). The van der Waals surface area contributed by atoms with Crippen molar-refractivity contribution < 1.29 is 31.9 Å². The van der Waals surface area contributed by atoms with Gasteiger partial charge in [-0.15, -0.1) is 0 Å². The Morgan fingerprint density at radius 2 is 1.85 bits per heavy atom. The van der Waals surface area contributed by atoms with Crippen LogP contribution < -0.4 is 12.4 Å². The van der Waals surface area contributed by atoms with Crippen LogP contribution in [0.2, 0.25) is 0 Å². The second-order valence-corrected chi connectivity index (χ2v) is 3.60. The average molecular weight is 212 g/mol. The number of quaternary nitrogens is 1. The van der Waals surface area contributed by atoms with E-state index in [1.54, 1.807) is 0 Å². The highest BCUT2D eigenvalue weighted by atomic mass is 35.5. The number of carbonyl (C=O) groups is 1. The molecule has 0 fully saturated rings. The monoisotopic (exact) mass is 211 g/mol. The van der Waals surface area contributed by atoms with Crippen LogP contribution in [0.5, 0.6) is 0 Å². The first-order valence-corrected chi connectivity index (χ1v) is 4.12. The highest BCUT2D eigenvalue weighted by molar-refractivity contribution is 5.66. The molecule has 2 N–H and O–H groups in total. The predicted octanol–water partition coefficient (Wildman–Crippen LogP) is -3.08. The zero-order chi connectivity index (χ0) is 9.61. The first kappa shape index (κ1) is 15.2. The van der Waals surface area contributed by atoms with Crippen molar-refractivity contribution in [2.45, 2.75) is 12.8 Å². The van der Waals surface area contributed by atoms with Gasteiger partial charge in [-0.2, -0.15) is 0 Å². The number of carboxylic acids is 1. The fourth-order valence-corrected chi connectivity index (χ4v) is 1.01. The van der Waals surface area contributed by atoms with Crippen LogP contribution in [0.3, 0.4) is 0 Å². The smallest absolute Gasteiger partial charge is 0.309 e. The molecular weight excluding hydrogens is 194 g/mol. The molecule has 0 unspecified atom stereocenters. The Balaban J connectivity index is 0. The van der Waals surface area contributed by atoms with E-state index >= 15 is 0 Å². The van der Waals surface area contributed by atoms with Gasteiger partial charge in [-0.05, 0) is 0 Å². The molecule has 0 radical (unpaired) electrons. The van der Waals surface area contributed by atoms with E-state index in [4.69, 9.17) is 10.2 Å². The Morgan fingerprint density at radius 1 is 1.31 bits per heavy atom. The van der Waals surface area contributed by atoms with Gasteiger partial charge in [0.1, 0.15) is 0 Å². The quantitative estimate of drug-likeness (QED) is 0.459. The molecule has 0 aromatic heterocycles. The summed E-state index contributed by atoms with van der Waals surface area (Å²) in [6.07, 6.45) is 0.922. The number of carboxylic acid groups (broad SMARTS) is 1. The van der Waals surface area contributed by atoms with Crippen molar-refractivity contribution in [2.24, 2.45) is 0 Å². The summed E-state index contributed by atoms with van der Waals surface area (Å²) in [5.41, 5.74) is 0. The SMILES string of the molecule is C[N+](C)(CCCO)CCC(=O)O.[Cl-]. The molecule has 0 aromatic rings. The van der Waals surface area contributed by atoms with Gasteiger partial charge in [0, 0.05) is 13.0 Å². The highest BCUT2D eigenvalue weighted by Gasteiger charge is 2.15. The molecule has 0 aliphatic heterocycles. The van der Waals surface area contributed by atoms with E-state index in [1.807, 2.05) is 14.1 Å². The van der Waals surface area contributed by atoms with Crippen LogP contribution in [-0.4, -0.2) is 54.5 Å². The summed E-state index contributed by atoms with van der Waals surface area (Å²) in [4.78, 5) is 10.3. The van der Waals surface area contributed by atoms with Gasteiger partial charge in [0.2, 0.25) is 0 Å². The molecule has 13 heavy (non-hydrogen) atoms. The minimum absolute atomic E-state index is 0. The fraction of sp³-hybridized carbons (Fsp3) is 0.875. The van der Waals surface area contributed by atoms with Crippen molar-refractivity contribution >= 4 is 5.97 Å². The molecule has 4 nitrogen and oxygen atoms in total. The number of aliphatic carboxylic acids is 1.